The molecule has 9 nitrogen and oxygen atoms in total. The third kappa shape index (κ3) is 4.85. The third-order valence-corrected chi connectivity index (χ3v) is 5.19. The molecule has 0 unspecified atom stereocenters. The van der Waals surface area contributed by atoms with Crippen LogP contribution in [0, 0.1) is 16.0 Å². The van der Waals surface area contributed by atoms with E-state index < -0.39 is 29.3 Å². The Morgan fingerprint density at radius 2 is 2.00 bits per heavy atom. The van der Waals surface area contributed by atoms with Crippen LogP contribution in [0.3, 0.4) is 0 Å². The highest BCUT2D eigenvalue weighted by Gasteiger charge is 2.39. The second-order valence-corrected chi connectivity index (χ2v) is 7.20. The second-order valence-electron chi connectivity index (χ2n) is 7.20. The number of nitro benzene ring substituents is 1. The SMILES string of the molecule is O=C(COC(=O)[C@@H]1CC(=O)N(C2CCCCC2)C1)Nc1cccc([N+](=O)[O-])c1. The lowest BCUT2D eigenvalue weighted by Gasteiger charge is -2.31. The van der Waals surface area contributed by atoms with Crippen LogP contribution < -0.4 is 5.32 Å². The molecule has 1 aromatic carbocycles. The van der Waals surface area contributed by atoms with E-state index in [4.69, 9.17) is 4.74 Å². The lowest BCUT2D eigenvalue weighted by atomic mass is 9.94. The standard InChI is InChI=1S/C19H23N3O6/c23-17(20-14-5-4-8-16(10-14)22(26)27)12-28-19(25)13-9-18(24)21(11-13)15-6-2-1-3-7-15/h4-5,8,10,13,15H,1-3,6-7,9,11-12H2,(H,20,23)/t13-/m1/s1. The first-order chi connectivity index (χ1) is 13.4. The number of carbonyl (C=O) groups excluding carboxylic acids is 3. The number of non-ortho nitro benzene ring substituents is 1. The fourth-order valence-electron chi connectivity index (χ4n) is 3.78. The zero-order valence-electron chi connectivity index (χ0n) is 15.5. The van der Waals surface area contributed by atoms with E-state index in [1.807, 2.05) is 0 Å². The molecule has 1 saturated heterocycles. The van der Waals surface area contributed by atoms with Crippen molar-refractivity contribution in [2.24, 2.45) is 5.92 Å². The van der Waals surface area contributed by atoms with E-state index in [2.05, 4.69) is 5.32 Å². The Bertz CT molecular complexity index is 775. The van der Waals surface area contributed by atoms with Crippen molar-refractivity contribution >= 4 is 29.2 Å². The van der Waals surface area contributed by atoms with Crippen molar-refractivity contribution in [1.29, 1.82) is 0 Å². The van der Waals surface area contributed by atoms with Gasteiger partial charge in [0.2, 0.25) is 5.91 Å². The minimum atomic E-state index is -0.595. The molecule has 2 amide bonds. The van der Waals surface area contributed by atoms with Crippen LogP contribution >= 0.6 is 0 Å². The fourth-order valence-corrected chi connectivity index (χ4v) is 3.78. The van der Waals surface area contributed by atoms with Gasteiger partial charge >= 0.3 is 5.97 Å². The molecule has 2 aliphatic rings. The molecule has 0 spiro atoms. The highest BCUT2D eigenvalue weighted by molar-refractivity contribution is 5.94. The van der Waals surface area contributed by atoms with Gasteiger partial charge in [-0.2, -0.15) is 0 Å². The summed E-state index contributed by atoms with van der Waals surface area (Å²) >= 11 is 0. The number of nitrogens with one attached hydrogen (secondary N) is 1. The molecule has 1 N–H and O–H groups in total. The fraction of sp³-hybridized carbons (Fsp3) is 0.526. The molecule has 28 heavy (non-hydrogen) atoms. The van der Waals surface area contributed by atoms with Crippen molar-refractivity contribution in [1.82, 2.24) is 4.90 Å². The minimum Gasteiger partial charge on any atom is -0.455 e. The van der Waals surface area contributed by atoms with E-state index in [-0.39, 0.29) is 29.7 Å². The summed E-state index contributed by atoms with van der Waals surface area (Å²) in [6, 6.07) is 5.69. The summed E-state index contributed by atoms with van der Waals surface area (Å²) in [4.78, 5) is 48.4. The molecule has 9 heteroatoms. The Hall–Kier alpha value is -2.97. The van der Waals surface area contributed by atoms with Gasteiger partial charge in [0.25, 0.3) is 11.6 Å². The Morgan fingerprint density at radius 3 is 2.71 bits per heavy atom. The number of nitrogens with zero attached hydrogens (tertiary/aromatic N) is 2. The van der Waals surface area contributed by atoms with E-state index in [9.17, 15) is 24.5 Å². The van der Waals surface area contributed by atoms with Crippen LogP contribution in [-0.2, 0) is 19.1 Å². The molecule has 1 saturated carbocycles. The summed E-state index contributed by atoms with van der Waals surface area (Å²) in [5, 5.41) is 13.2. The van der Waals surface area contributed by atoms with Crippen LogP contribution in [0.2, 0.25) is 0 Å². The quantitative estimate of drug-likeness (QED) is 0.453. The largest absolute Gasteiger partial charge is 0.455 e. The molecule has 1 aliphatic carbocycles. The minimum absolute atomic E-state index is 0.0325. The van der Waals surface area contributed by atoms with Gasteiger partial charge in [0, 0.05) is 36.8 Å². The van der Waals surface area contributed by atoms with Crippen molar-refractivity contribution in [2.75, 3.05) is 18.5 Å². The normalized spacial score (nSPS) is 20.1. The van der Waals surface area contributed by atoms with Crippen molar-refractivity contribution in [3.05, 3.63) is 34.4 Å². The van der Waals surface area contributed by atoms with Crippen LogP contribution in [0.4, 0.5) is 11.4 Å². The van der Waals surface area contributed by atoms with Gasteiger partial charge in [-0.1, -0.05) is 25.3 Å². The molecule has 1 aliphatic heterocycles. The number of nitro groups is 1. The summed E-state index contributed by atoms with van der Waals surface area (Å²) in [6.45, 7) is -0.162. The van der Waals surface area contributed by atoms with Crippen LogP contribution in [0.15, 0.2) is 24.3 Å². The number of amides is 2. The maximum Gasteiger partial charge on any atom is 0.311 e. The Morgan fingerprint density at radius 1 is 1.25 bits per heavy atom. The molecule has 0 aromatic heterocycles. The predicted molar refractivity (Wildman–Crippen MR) is 99.4 cm³/mol. The molecule has 3 rings (SSSR count). The van der Waals surface area contributed by atoms with Crippen LogP contribution in [-0.4, -0.2) is 46.8 Å². The predicted octanol–water partition coefficient (Wildman–Crippen LogP) is 2.26. The zero-order valence-corrected chi connectivity index (χ0v) is 15.5. The highest BCUT2D eigenvalue weighted by atomic mass is 16.6. The first-order valence-electron chi connectivity index (χ1n) is 9.44. The van der Waals surface area contributed by atoms with Crippen molar-refractivity contribution in [2.45, 2.75) is 44.6 Å². The van der Waals surface area contributed by atoms with Gasteiger partial charge < -0.3 is 15.0 Å². The first kappa shape index (κ1) is 19.8. The summed E-state index contributed by atoms with van der Waals surface area (Å²) < 4.78 is 5.06. The first-order valence-corrected chi connectivity index (χ1v) is 9.44. The number of hydrogen-bond donors (Lipinski definition) is 1. The molecular weight excluding hydrogens is 366 g/mol. The van der Waals surface area contributed by atoms with Crippen LogP contribution in [0.25, 0.3) is 0 Å². The zero-order chi connectivity index (χ0) is 20.1. The Kier molecular flexibility index (Phi) is 6.23. The van der Waals surface area contributed by atoms with E-state index in [0.29, 0.717) is 6.54 Å². The number of likely N-dealkylation sites (tertiary alicyclic amines) is 1. The van der Waals surface area contributed by atoms with Crippen molar-refractivity contribution in [3.63, 3.8) is 0 Å². The molecular formula is C19H23N3O6. The van der Waals surface area contributed by atoms with E-state index in [0.717, 1.165) is 25.7 Å². The molecule has 150 valence electrons. The second kappa shape index (κ2) is 8.81. The molecule has 0 radical (unpaired) electrons. The monoisotopic (exact) mass is 389 g/mol. The van der Waals surface area contributed by atoms with Gasteiger partial charge in [-0.25, -0.2) is 0 Å². The Labute approximate surface area is 162 Å². The highest BCUT2D eigenvalue weighted by Crippen LogP contribution is 2.29. The number of esters is 1. The molecule has 1 heterocycles. The van der Waals surface area contributed by atoms with Gasteiger partial charge in [0.15, 0.2) is 6.61 Å². The maximum atomic E-state index is 12.2. The smallest absolute Gasteiger partial charge is 0.311 e. The van der Waals surface area contributed by atoms with E-state index >= 15 is 0 Å². The molecule has 2 fully saturated rings. The summed E-state index contributed by atoms with van der Waals surface area (Å²) in [5.41, 5.74) is 0.0943. The maximum absolute atomic E-state index is 12.2. The summed E-state index contributed by atoms with van der Waals surface area (Å²) in [5.74, 6) is -1.75. The summed E-state index contributed by atoms with van der Waals surface area (Å²) in [6.07, 6.45) is 5.44. The molecule has 1 aromatic rings. The molecule has 1 atom stereocenters. The number of ether oxygens (including phenoxy) is 1. The topological polar surface area (TPSA) is 119 Å². The lowest BCUT2D eigenvalue weighted by molar-refractivity contribution is -0.384. The van der Waals surface area contributed by atoms with Crippen LogP contribution in [0.1, 0.15) is 38.5 Å². The summed E-state index contributed by atoms with van der Waals surface area (Å²) in [7, 11) is 0. The average molecular weight is 389 g/mol. The van der Waals surface area contributed by atoms with E-state index in [1.165, 1.54) is 30.7 Å². The number of carbonyl (C=O) groups is 3. The van der Waals surface area contributed by atoms with Gasteiger partial charge in [-0.05, 0) is 18.9 Å². The van der Waals surface area contributed by atoms with Gasteiger partial charge in [0.05, 0.1) is 10.8 Å². The lowest BCUT2D eigenvalue weighted by Crippen LogP contribution is -2.38. The number of anilines is 1. The van der Waals surface area contributed by atoms with Crippen LogP contribution in [0.5, 0.6) is 0 Å². The van der Waals surface area contributed by atoms with Gasteiger partial charge in [-0.15, -0.1) is 0 Å². The van der Waals surface area contributed by atoms with Crippen molar-refractivity contribution < 1.29 is 24.0 Å². The van der Waals surface area contributed by atoms with E-state index in [1.54, 1.807) is 4.90 Å². The van der Waals surface area contributed by atoms with Gasteiger partial charge in [0.1, 0.15) is 0 Å². The Balaban J connectivity index is 1.47. The third-order valence-electron chi connectivity index (χ3n) is 5.19. The van der Waals surface area contributed by atoms with Crippen molar-refractivity contribution in [3.8, 4) is 0 Å². The average Bonchev–Trinajstić information content (AvgIpc) is 3.09. The van der Waals surface area contributed by atoms with Gasteiger partial charge in [-0.3, -0.25) is 24.5 Å². The molecule has 0 bridgehead atoms. The number of benzene rings is 1. The number of rotatable bonds is 6. The number of hydrogen-bond acceptors (Lipinski definition) is 6.